The lowest BCUT2D eigenvalue weighted by Gasteiger charge is -2.05. The van der Waals surface area contributed by atoms with Gasteiger partial charge in [-0.3, -0.25) is 0 Å². The van der Waals surface area contributed by atoms with Gasteiger partial charge in [0.2, 0.25) is 21.0 Å². The highest BCUT2D eigenvalue weighted by molar-refractivity contribution is 8.26. The summed E-state index contributed by atoms with van der Waals surface area (Å²) in [6.45, 7) is 0.949. The minimum atomic E-state index is -1.67. The number of rotatable bonds is 8. The van der Waals surface area contributed by atoms with Gasteiger partial charge in [0.1, 0.15) is 13.2 Å². The molecule has 1 N–H and O–H groups in total. The molecule has 2 aromatic carbocycles. The molecule has 0 aliphatic heterocycles. The number of nitrogens with zero attached hydrogens (tertiary/aromatic N) is 2. The van der Waals surface area contributed by atoms with Gasteiger partial charge in [0.05, 0.1) is 23.9 Å². The van der Waals surface area contributed by atoms with Crippen LogP contribution >= 0.6 is 33.0 Å². The standard InChI is InChI=1S/C13H12ClNO.C13H13NO2.Cl2OS/c14-9-12-7-4-8-13(15-12)16-10-11-5-2-1-3-6-11;15-9-12-7-4-8-13(14-12)16-10-11-5-2-1-3-6-11;1-4(2)3/h1-8H,9-10H2;1-8,15H,9-10H2;. The number of halogens is 3. The Morgan fingerprint density at radius 3 is 1.50 bits per heavy atom. The second kappa shape index (κ2) is 17.7. The lowest BCUT2D eigenvalue weighted by molar-refractivity contribution is 0.266. The molecule has 0 amide bonds. The molecule has 4 rings (SSSR count). The van der Waals surface area contributed by atoms with Crippen LogP contribution in [0.25, 0.3) is 0 Å². The minimum absolute atomic E-state index is 0.0669. The maximum absolute atomic E-state index is 9.09. The normalized spacial score (nSPS) is 9.92. The molecule has 4 aromatic rings. The molecule has 6 nitrogen and oxygen atoms in total. The van der Waals surface area contributed by atoms with Crippen LogP contribution in [0.1, 0.15) is 22.5 Å². The van der Waals surface area contributed by atoms with Crippen molar-refractivity contribution in [3.05, 3.63) is 120 Å². The van der Waals surface area contributed by atoms with Crippen LogP contribution < -0.4 is 9.47 Å². The van der Waals surface area contributed by atoms with Gasteiger partial charge in [-0.15, -0.1) is 11.6 Å². The molecule has 2 heterocycles. The number of hydrogen-bond acceptors (Lipinski definition) is 6. The van der Waals surface area contributed by atoms with Crippen molar-refractivity contribution < 1.29 is 18.8 Å². The molecule has 0 aliphatic rings. The molecule has 0 saturated heterocycles. The average molecular weight is 568 g/mol. The molecular weight excluding hydrogens is 543 g/mol. The van der Waals surface area contributed by atoms with Gasteiger partial charge in [-0.2, -0.15) is 0 Å². The summed E-state index contributed by atoms with van der Waals surface area (Å²) in [7, 11) is 7.36. The summed E-state index contributed by atoms with van der Waals surface area (Å²) in [6, 6.07) is 30.9. The molecule has 0 radical (unpaired) electrons. The fourth-order valence-corrected chi connectivity index (χ4v) is 2.85. The topological polar surface area (TPSA) is 81.5 Å². The van der Waals surface area contributed by atoms with Gasteiger partial charge in [-0.1, -0.05) is 72.8 Å². The monoisotopic (exact) mass is 566 g/mol. The molecule has 2 aromatic heterocycles. The van der Waals surface area contributed by atoms with Crippen LogP contribution in [0.15, 0.2) is 97.1 Å². The van der Waals surface area contributed by atoms with Crippen LogP contribution in [0.5, 0.6) is 11.8 Å². The summed E-state index contributed by atoms with van der Waals surface area (Å²) in [5, 5.41) is 8.93. The first-order chi connectivity index (χ1) is 17.5. The quantitative estimate of drug-likeness (QED) is 0.191. The predicted molar refractivity (Wildman–Crippen MR) is 145 cm³/mol. The van der Waals surface area contributed by atoms with E-state index in [-0.39, 0.29) is 6.61 Å². The van der Waals surface area contributed by atoms with E-state index in [1.807, 2.05) is 84.9 Å². The Hall–Kier alpha value is -2.68. The number of pyridine rings is 2. The summed E-state index contributed by atoms with van der Waals surface area (Å²) >= 11 is 5.70. The maximum Gasteiger partial charge on any atom is 0.213 e. The van der Waals surface area contributed by atoms with Crippen molar-refractivity contribution in [3.63, 3.8) is 0 Å². The zero-order valence-electron chi connectivity index (χ0n) is 19.2. The largest absolute Gasteiger partial charge is 0.473 e. The van der Waals surface area contributed by atoms with E-state index >= 15 is 0 Å². The second-order valence-electron chi connectivity index (χ2n) is 6.96. The number of benzene rings is 2. The number of hydrogen-bond donors (Lipinski definition) is 1. The molecule has 0 bridgehead atoms. The first-order valence-corrected chi connectivity index (χ1v) is 14.0. The van der Waals surface area contributed by atoms with Crippen molar-refractivity contribution in [1.29, 1.82) is 0 Å². The Kier molecular flexibility index (Phi) is 14.5. The van der Waals surface area contributed by atoms with Gasteiger partial charge in [-0.25, -0.2) is 14.2 Å². The van der Waals surface area contributed by atoms with Crippen molar-refractivity contribution >= 4 is 42.2 Å². The van der Waals surface area contributed by atoms with Crippen molar-refractivity contribution in [3.8, 4) is 11.8 Å². The summed E-state index contributed by atoms with van der Waals surface area (Å²) in [5.41, 5.74) is 3.66. The molecule has 0 saturated carbocycles. The van der Waals surface area contributed by atoms with Gasteiger partial charge < -0.3 is 14.6 Å². The molecule has 0 unspecified atom stereocenters. The van der Waals surface area contributed by atoms with E-state index in [0.29, 0.717) is 36.5 Å². The molecule has 0 atom stereocenters. The highest BCUT2D eigenvalue weighted by Crippen LogP contribution is 2.12. The van der Waals surface area contributed by atoms with E-state index in [2.05, 4.69) is 31.3 Å². The third-order valence-corrected chi connectivity index (χ3v) is 4.59. The van der Waals surface area contributed by atoms with E-state index in [1.54, 1.807) is 12.1 Å². The third kappa shape index (κ3) is 12.9. The Bertz CT molecular complexity index is 1080. The molecule has 190 valence electrons. The van der Waals surface area contributed by atoms with E-state index < -0.39 is 9.23 Å². The van der Waals surface area contributed by atoms with Gasteiger partial charge in [0, 0.05) is 33.5 Å². The van der Waals surface area contributed by atoms with Gasteiger partial charge >= 0.3 is 0 Å². The SMILES string of the molecule is ClCc1cccc(OCc2ccccc2)n1.O=S(Cl)Cl.OCc1cccc(OCc2ccccc2)n1. The molecule has 10 heteroatoms. The highest BCUT2D eigenvalue weighted by atomic mass is 36.0. The van der Waals surface area contributed by atoms with E-state index in [9.17, 15) is 0 Å². The molecule has 0 aliphatic carbocycles. The van der Waals surface area contributed by atoms with E-state index in [4.69, 9.17) is 30.4 Å². The van der Waals surface area contributed by atoms with E-state index in [0.717, 1.165) is 16.8 Å². The fraction of sp³-hybridized carbons (Fsp3) is 0.154. The fourth-order valence-electron chi connectivity index (χ4n) is 2.70. The van der Waals surface area contributed by atoms with Gasteiger partial charge in [0.25, 0.3) is 0 Å². The third-order valence-electron chi connectivity index (χ3n) is 4.32. The van der Waals surface area contributed by atoms with Crippen molar-refractivity contribution in [2.24, 2.45) is 0 Å². The molecule has 0 spiro atoms. The number of ether oxygens (including phenoxy) is 2. The van der Waals surface area contributed by atoms with E-state index in [1.165, 1.54) is 0 Å². The first-order valence-electron chi connectivity index (χ1n) is 10.7. The number of aliphatic hydroxyl groups excluding tert-OH is 1. The Labute approximate surface area is 227 Å². The average Bonchev–Trinajstić information content (AvgIpc) is 2.92. The van der Waals surface area contributed by atoms with Crippen LogP contribution in [0.3, 0.4) is 0 Å². The minimum Gasteiger partial charge on any atom is -0.473 e. The highest BCUT2D eigenvalue weighted by Gasteiger charge is 1.99. The smallest absolute Gasteiger partial charge is 0.213 e. The zero-order chi connectivity index (χ0) is 26.0. The number of aromatic nitrogens is 2. The Morgan fingerprint density at radius 2 is 1.08 bits per heavy atom. The summed E-state index contributed by atoms with van der Waals surface area (Å²) in [5.74, 6) is 1.56. The predicted octanol–water partition coefficient (Wildman–Crippen LogP) is 6.60. The van der Waals surface area contributed by atoms with Crippen LogP contribution in [-0.2, 0) is 34.9 Å². The summed E-state index contributed by atoms with van der Waals surface area (Å²) in [4.78, 5) is 8.39. The molecule has 36 heavy (non-hydrogen) atoms. The lowest BCUT2D eigenvalue weighted by atomic mass is 10.2. The molecule has 0 fully saturated rings. The van der Waals surface area contributed by atoms with Crippen LogP contribution in [0.2, 0.25) is 0 Å². The first kappa shape index (κ1) is 29.5. The van der Waals surface area contributed by atoms with Gasteiger partial charge in [0.15, 0.2) is 0 Å². The molecular formula is C26H25Cl3N2O4S. The number of alkyl halides is 1. The summed E-state index contributed by atoms with van der Waals surface area (Å²) < 4.78 is 20.2. The van der Waals surface area contributed by atoms with Crippen LogP contribution in [0, 0.1) is 0 Å². The summed E-state index contributed by atoms with van der Waals surface area (Å²) in [6.07, 6.45) is 0. The zero-order valence-corrected chi connectivity index (χ0v) is 22.3. The van der Waals surface area contributed by atoms with Crippen molar-refractivity contribution in [2.45, 2.75) is 25.7 Å². The van der Waals surface area contributed by atoms with Crippen LogP contribution in [-0.4, -0.2) is 19.3 Å². The Morgan fingerprint density at radius 1 is 0.667 bits per heavy atom. The lowest BCUT2D eigenvalue weighted by Crippen LogP contribution is -1.98. The van der Waals surface area contributed by atoms with Crippen LogP contribution in [0.4, 0.5) is 0 Å². The second-order valence-corrected chi connectivity index (χ2v) is 9.75. The van der Waals surface area contributed by atoms with Crippen molar-refractivity contribution in [2.75, 3.05) is 0 Å². The number of aliphatic hydroxyl groups is 1. The van der Waals surface area contributed by atoms with Gasteiger partial charge in [-0.05, 0) is 23.3 Å². The Balaban J connectivity index is 0.000000221. The maximum atomic E-state index is 9.09. The van der Waals surface area contributed by atoms with Crippen molar-refractivity contribution in [1.82, 2.24) is 9.97 Å².